The first-order valence-electron chi connectivity index (χ1n) is 7.17. The lowest BCUT2D eigenvalue weighted by atomic mass is 10.1. The largest absolute Gasteiger partial charge is 0.332 e. The molecule has 4 nitrogen and oxygen atoms in total. The van der Waals surface area contributed by atoms with Crippen LogP contribution in [0.1, 0.15) is 38.8 Å². The highest BCUT2D eigenvalue weighted by molar-refractivity contribution is 7.80. The van der Waals surface area contributed by atoms with Crippen molar-refractivity contribution in [3.63, 3.8) is 0 Å². The van der Waals surface area contributed by atoms with Gasteiger partial charge in [-0.15, -0.1) is 0 Å². The second kappa shape index (κ2) is 7.15. The normalized spacial score (nSPS) is 10.0. The number of anilines is 1. The summed E-state index contributed by atoms with van der Waals surface area (Å²) >= 11 is 5.16. The summed E-state index contributed by atoms with van der Waals surface area (Å²) in [6.45, 7) is 5.36. The molecule has 0 aliphatic carbocycles. The molecule has 0 aromatic heterocycles. The van der Waals surface area contributed by atoms with Crippen LogP contribution in [-0.2, 0) is 0 Å². The minimum atomic E-state index is -0.261. The van der Waals surface area contributed by atoms with Gasteiger partial charge in [0.1, 0.15) is 0 Å². The van der Waals surface area contributed by atoms with E-state index in [0.717, 1.165) is 11.1 Å². The topological polar surface area (TPSA) is 58.2 Å². The lowest BCUT2D eigenvalue weighted by Crippen LogP contribution is -2.34. The average Bonchev–Trinajstić information content (AvgIpc) is 2.47. The quantitative estimate of drug-likeness (QED) is 0.668. The van der Waals surface area contributed by atoms with Crippen LogP contribution in [-0.4, -0.2) is 16.8 Å². The molecule has 118 valence electrons. The van der Waals surface area contributed by atoms with Gasteiger partial charge in [0.2, 0.25) is 0 Å². The number of carbonyl (C=O) groups is 2. The number of amides is 1. The van der Waals surface area contributed by atoms with Crippen LogP contribution in [0.5, 0.6) is 0 Å². The zero-order chi connectivity index (χ0) is 17.0. The Morgan fingerprint density at radius 1 is 1.04 bits per heavy atom. The molecule has 0 unspecified atom stereocenters. The van der Waals surface area contributed by atoms with E-state index in [0.29, 0.717) is 16.8 Å². The van der Waals surface area contributed by atoms with Crippen LogP contribution in [0.3, 0.4) is 0 Å². The summed E-state index contributed by atoms with van der Waals surface area (Å²) in [4.78, 5) is 23.6. The molecule has 0 radical (unpaired) electrons. The van der Waals surface area contributed by atoms with Gasteiger partial charge in [0.25, 0.3) is 5.91 Å². The smallest absolute Gasteiger partial charge is 0.257 e. The molecular weight excluding hydrogens is 308 g/mol. The number of hydrogen-bond acceptors (Lipinski definition) is 3. The number of carbonyl (C=O) groups excluding carboxylic acids is 2. The number of aryl methyl sites for hydroxylation is 2. The van der Waals surface area contributed by atoms with Gasteiger partial charge in [0.15, 0.2) is 10.9 Å². The summed E-state index contributed by atoms with van der Waals surface area (Å²) in [5.74, 6) is -0.290. The van der Waals surface area contributed by atoms with Gasteiger partial charge >= 0.3 is 0 Å². The zero-order valence-corrected chi connectivity index (χ0v) is 14.1. The van der Waals surface area contributed by atoms with Gasteiger partial charge in [-0.1, -0.05) is 29.8 Å². The fraction of sp³-hybridized carbons (Fsp3) is 0.167. The molecule has 0 aliphatic rings. The van der Waals surface area contributed by atoms with Crippen LogP contribution in [0.4, 0.5) is 5.69 Å². The summed E-state index contributed by atoms with van der Waals surface area (Å²) in [7, 11) is 0. The maximum atomic E-state index is 12.3. The summed E-state index contributed by atoms with van der Waals surface area (Å²) in [6.07, 6.45) is 0. The lowest BCUT2D eigenvalue weighted by Gasteiger charge is -2.11. The predicted molar refractivity (Wildman–Crippen MR) is 96.0 cm³/mol. The van der Waals surface area contributed by atoms with Crippen LogP contribution in [0.15, 0.2) is 42.5 Å². The zero-order valence-electron chi connectivity index (χ0n) is 13.3. The SMILES string of the molecule is CC(=O)c1cccc(NC(=S)NC(=O)c2ccc(C)cc2C)c1. The van der Waals surface area contributed by atoms with Crippen molar-refractivity contribution >= 4 is 34.7 Å². The number of Topliss-reactive ketones (excluding diaryl/α,β-unsaturated/α-hetero) is 1. The molecule has 0 saturated heterocycles. The average molecular weight is 326 g/mol. The Morgan fingerprint density at radius 3 is 2.43 bits per heavy atom. The second-order valence-corrected chi connectivity index (χ2v) is 5.77. The third-order valence-electron chi connectivity index (χ3n) is 3.38. The van der Waals surface area contributed by atoms with Crippen molar-refractivity contribution in [3.8, 4) is 0 Å². The lowest BCUT2D eigenvalue weighted by molar-refractivity contribution is 0.0975. The van der Waals surface area contributed by atoms with Crippen molar-refractivity contribution < 1.29 is 9.59 Å². The minimum Gasteiger partial charge on any atom is -0.332 e. The van der Waals surface area contributed by atoms with E-state index in [9.17, 15) is 9.59 Å². The number of hydrogen-bond donors (Lipinski definition) is 2. The molecule has 0 saturated carbocycles. The molecule has 0 heterocycles. The van der Waals surface area contributed by atoms with Gasteiger partial charge in [-0.05, 0) is 56.8 Å². The molecule has 2 rings (SSSR count). The molecule has 2 N–H and O–H groups in total. The Balaban J connectivity index is 2.06. The van der Waals surface area contributed by atoms with Crippen LogP contribution in [0.25, 0.3) is 0 Å². The van der Waals surface area contributed by atoms with E-state index in [1.165, 1.54) is 6.92 Å². The van der Waals surface area contributed by atoms with E-state index in [1.807, 2.05) is 26.0 Å². The third-order valence-corrected chi connectivity index (χ3v) is 3.58. The van der Waals surface area contributed by atoms with Crippen molar-refractivity contribution in [1.82, 2.24) is 5.32 Å². The Morgan fingerprint density at radius 2 is 1.78 bits per heavy atom. The Kier molecular flexibility index (Phi) is 5.24. The molecule has 2 aromatic rings. The summed E-state index contributed by atoms with van der Waals surface area (Å²) in [6, 6.07) is 12.6. The monoisotopic (exact) mass is 326 g/mol. The minimum absolute atomic E-state index is 0.0288. The van der Waals surface area contributed by atoms with Gasteiger partial charge in [-0.2, -0.15) is 0 Å². The van der Waals surface area contributed by atoms with Crippen LogP contribution in [0.2, 0.25) is 0 Å². The van der Waals surface area contributed by atoms with Crippen molar-refractivity contribution in [2.75, 3.05) is 5.32 Å². The van der Waals surface area contributed by atoms with Gasteiger partial charge in [-0.3, -0.25) is 14.9 Å². The highest BCUT2D eigenvalue weighted by atomic mass is 32.1. The van der Waals surface area contributed by atoms with Crippen molar-refractivity contribution in [1.29, 1.82) is 0 Å². The van der Waals surface area contributed by atoms with Gasteiger partial charge in [0, 0.05) is 16.8 Å². The highest BCUT2D eigenvalue weighted by Gasteiger charge is 2.11. The fourth-order valence-electron chi connectivity index (χ4n) is 2.22. The molecule has 23 heavy (non-hydrogen) atoms. The maximum absolute atomic E-state index is 12.3. The van der Waals surface area contributed by atoms with Crippen LogP contribution < -0.4 is 10.6 Å². The maximum Gasteiger partial charge on any atom is 0.257 e. The molecule has 0 aliphatic heterocycles. The number of thiocarbonyl (C=S) groups is 1. The third kappa shape index (κ3) is 4.47. The molecule has 5 heteroatoms. The number of rotatable bonds is 3. The highest BCUT2D eigenvalue weighted by Crippen LogP contribution is 2.12. The van der Waals surface area contributed by atoms with Crippen LogP contribution >= 0.6 is 12.2 Å². The molecular formula is C18H18N2O2S. The van der Waals surface area contributed by atoms with Crippen molar-refractivity contribution in [2.24, 2.45) is 0 Å². The van der Waals surface area contributed by atoms with Gasteiger partial charge in [0.05, 0.1) is 0 Å². The Hall–Kier alpha value is -2.53. The van der Waals surface area contributed by atoms with Crippen LogP contribution in [0, 0.1) is 13.8 Å². The first-order valence-corrected chi connectivity index (χ1v) is 7.58. The molecule has 0 fully saturated rings. The Bertz CT molecular complexity index is 784. The second-order valence-electron chi connectivity index (χ2n) is 5.36. The number of nitrogens with one attached hydrogen (secondary N) is 2. The number of benzene rings is 2. The van der Waals surface area contributed by atoms with E-state index in [2.05, 4.69) is 10.6 Å². The fourth-order valence-corrected chi connectivity index (χ4v) is 2.43. The molecule has 0 spiro atoms. The molecule has 0 atom stereocenters. The van der Waals surface area contributed by atoms with E-state index >= 15 is 0 Å². The standard InChI is InChI=1S/C18H18N2O2S/c1-11-7-8-16(12(2)9-11)17(22)20-18(23)19-15-6-4-5-14(10-15)13(3)21/h4-10H,1-3H3,(H2,19,20,22,23). The van der Waals surface area contributed by atoms with Gasteiger partial charge < -0.3 is 5.32 Å². The van der Waals surface area contributed by atoms with Gasteiger partial charge in [-0.25, -0.2) is 0 Å². The Labute approximate surface area is 140 Å². The van der Waals surface area contributed by atoms with Crippen molar-refractivity contribution in [2.45, 2.75) is 20.8 Å². The van der Waals surface area contributed by atoms with E-state index in [4.69, 9.17) is 12.2 Å². The van der Waals surface area contributed by atoms with E-state index < -0.39 is 0 Å². The molecule has 1 amide bonds. The first kappa shape index (κ1) is 16.8. The van der Waals surface area contributed by atoms with E-state index in [-0.39, 0.29) is 16.8 Å². The van der Waals surface area contributed by atoms with E-state index in [1.54, 1.807) is 30.3 Å². The molecule has 0 bridgehead atoms. The molecule has 2 aromatic carbocycles. The summed E-state index contributed by atoms with van der Waals surface area (Å²) < 4.78 is 0. The predicted octanol–water partition coefficient (Wildman–Crippen LogP) is 3.63. The number of ketones is 1. The summed E-state index contributed by atoms with van der Waals surface area (Å²) in [5.41, 5.74) is 3.81. The van der Waals surface area contributed by atoms with Crippen molar-refractivity contribution in [3.05, 3.63) is 64.7 Å². The first-order chi connectivity index (χ1) is 10.9. The summed E-state index contributed by atoms with van der Waals surface area (Å²) in [5, 5.41) is 5.76.